The van der Waals surface area contributed by atoms with Gasteiger partial charge in [0.15, 0.2) is 0 Å². The molecule has 2 heteroatoms. The zero-order valence-corrected chi connectivity index (χ0v) is 8.44. The zero-order chi connectivity index (χ0) is 11.1. The minimum atomic E-state index is 0.131. The summed E-state index contributed by atoms with van der Waals surface area (Å²) in [7, 11) is 0. The topological polar surface area (TPSA) is 40.5 Å². The van der Waals surface area contributed by atoms with E-state index < -0.39 is 0 Å². The SMILES string of the molecule is Oc1[c]c2ccc3ccc(O)cc3c2cc1. The highest BCUT2D eigenvalue weighted by Crippen LogP contribution is 2.29. The third-order valence-electron chi connectivity index (χ3n) is 2.72. The Labute approximate surface area is 92.4 Å². The van der Waals surface area contributed by atoms with Gasteiger partial charge in [0.2, 0.25) is 0 Å². The predicted molar refractivity (Wildman–Crippen MR) is 63.6 cm³/mol. The van der Waals surface area contributed by atoms with E-state index in [1.54, 1.807) is 18.2 Å². The Hall–Kier alpha value is -2.22. The minimum absolute atomic E-state index is 0.131. The molecule has 2 N–H and O–H groups in total. The van der Waals surface area contributed by atoms with Crippen molar-refractivity contribution in [3.63, 3.8) is 0 Å². The van der Waals surface area contributed by atoms with Gasteiger partial charge in [-0.3, -0.25) is 0 Å². The monoisotopic (exact) mass is 209 g/mol. The molecule has 1 radical (unpaired) electrons. The fourth-order valence-corrected chi connectivity index (χ4v) is 1.96. The molecule has 0 unspecified atom stereocenters. The summed E-state index contributed by atoms with van der Waals surface area (Å²) in [5.74, 6) is 0.375. The fraction of sp³-hybridized carbons (Fsp3) is 0. The summed E-state index contributed by atoms with van der Waals surface area (Å²) in [4.78, 5) is 0. The van der Waals surface area contributed by atoms with E-state index in [1.807, 2.05) is 24.3 Å². The van der Waals surface area contributed by atoms with Crippen molar-refractivity contribution >= 4 is 21.5 Å². The second-order valence-electron chi connectivity index (χ2n) is 3.78. The molecule has 77 valence electrons. The van der Waals surface area contributed by atoms with E-state index in [2.05, 4.69) is 6.07 Å². The Balaban J connectivity index is 2.52. The number of phenolic OH excluding ortho intramolecular Hbond substituents is 2. The lowest BCUT2D eigenvalue weighted by molar-refractivity contribution is 0.475. The van der Waals surface area contributed by atoms with Gasteiger partial charge in [0.1, 0.15) is 11.5 Å². The predicted octanol–water partition coefficient (Wildman–Crippen LogP) is 3.20. The van der Waals surface area contributed by atoms with Gasteiger partial charge in [0.25, 0.3) is 0 Å². The quantitative estimate of drug-likeness (QED) is 0.558. The highest BCUT2D eigenvalue weighted by atomic mass is 16.3. The summed E-state index contributed by atoms with van der Waals surface area (Å²) < 4.78 is 0. The maximum Gasteiger partial charge on any atom is 0.124 e. The standard InChI is InChI=1S/C14H9O2/c15-11-5-6-13-10(7-11)2-1-9-3-4-12(16)8-14(9)13/h1-6,8,15-16H. The Kier molecular flexibility index (Phi) is 1.77. The maximum atomic E-state index is 9.48. The van der Waals surface area contributed by atoms with Crippen LogP contribution in [0.15, 0.2) is 42.5 Å². The van der Waals surface area contributed by atoms with Gasteiger partial charge < -0.3 is 10.2 Å². The summed E-state index contributed by atoms with van der Waals surface area (Å²) in [5.41, 5.74) is 0. The van der Waals surface area contributed by atoms with Crippen molar-refractivity contribution in [2.45, 2.75) is 0 Å². The van der Waals surface area contributed by atoms with Gasteiger partial charge in [0.05, 0.1) is 0 Å². The largest absolute Gasteiger partial charge is 0.508 e. The van der Waals surface area contributed by atoms with Crippen LogP contribution < -0.4 is 0 Å². The number of hydrogen-bond donors (Lipinski definition) is 2. The molecule has 0 aliphatic heterocycles. The van der Waals surface area contributed by atoms with Crippen LogP contribution in [-0.4, -0.2) is 10.2 Å². The molecule has 0 spiro atoms. The maximum absolute atomic E-state index is 9.48. The van der Waals surface area contributed by atoms with E-state index in [9.17, 15) is 10.2 Å². The second-order valence-corrected chi connectivity index (χ2v) is 3.78. The fourth-order valence-electron chi connectivity index (χ4n) is 1.96. The number of benzene rings is 3. The van der Waals surface area contributed by atoms with E-state index in [0.717, 1.165) is 21.5 Å². The van der Waals surface area contributed by atoms with Crippen LogP contribution >= 0.6 is 0 Å². The summed E-state index contributed by atoms with van der Waals surface area (Å²) >= 11 is 0. The lowest BCUT2D eigenvalue weighted by Crippen LogP contribution is -1.78. The Morgan fingerprint density at radius 3 is 2.50 bits per heavy atom. The molecule has 3 aromatic carbocycles. The Bertz CT molecular complexity index is 687. The van der Waals surface area contributed by atoms with E-state index in [4.69, 9.17) is 0 Å². The smallest absolute Gasteiger partial charge is 0.124 e. The molecule has 3 rings (SSSR count). The van der Waals surface area contributed by atoms with Crippen LogP contribution in [0.1, 0.15) is 0 Å². The highest BCUT2D eigenvalue weighted by Gasteiger charge is 2.02. The molecule has 0 bridgehead atoms. The average Bonchev–Trinajstić information content (AvgIpc) is 2.28. The van der Waals surface area contributed by atoms with Gasteiger partial charge in [-0.2, -0.15) is 0 Å². The van der Waals surface area contributed by atoms with Crippen molar-refractivity contribution in [2.75, 3.05) is 0 Å². The van der Waals surface area contributed by atoms with Crippen LogP contribution in [-0.2, 0) is 0 Å². The molecule has 3 aromatic rings. The minimum Gasteiger partial charge on any atom is -0.508 e. The number of hydrogen-bond acceptors (Lipinski definition) is 2. The first-order valence-electron chi connectivity index (χ1n) is 5.01. The number of phenols is 2. The van der Waals surface area contributed by atoms with Crippen molar-refractivity contribution in [3.05, 3.63) is 48.5 Å². The molecular weight excluding hydrogens is 200 g/mol. The van der Waals surface area contributed by atoms with Crippen molar-refractivity contribution in [1.29, 1.82) is 0 Å². The highest BCUT2D eigenvalue weighted by molar-refractivity contribution is 6.07. The molecule has 0 amide bonds. The third-order valence-corrected chi connectivity index (χ3v) is 2.72. The van der Waals surface area contributed by atoms with Gasteiger partial charge in [0, 0.05) is 6.07 Å². The van der Waals surface area contributed by atoms with Gasteiger partial charge >= 0.3 is 0 Å². The van der Waals surface area contributed by atoms with Crippen LogP contribution in [0.25, 0.3) is 21.5 Å². The molecule has 0 aliphatic rings. The van der Waals surface area contributed by atoms with Gasteiger partial charge in [-0.05, 0) is 39.7 Å². The third kappa shape index (κ3) is 1.27. The Morgan fingerprint density at radius 1 is 0.812 bits per heavy atom. The van der Waals surface area contributed by atoms with Crippen LogP contribution in [0.5, 0.6) is 11.5 Å². The molecule has 0 aliphatic carbocycles. The molecule has 16 heavy (non-hydrogen) atoms. The summed E-state index contributed by atoms with van der Waals surface area (Å²) in [6.07, 6.45) is 0. The van der Waals surface area contributed by atoms with E-state index >= 15 is 0 Å². The van der Waals surface area contributed by atoms with Crippen LogP contribution in [0, 0.1) is 6.07 Å². The van der Waals surface area contributed by atoms with Gasteiger partial charge in [-0.25, -0.2) is 0 Å². The van der Waals surface area contributed by atoms with Crippen LogP contribution in [0.3, 0.4) is 0 Å². The molecule has 0 heterocycles. The van der Waals surface area contributed by atoms with Crippen LogP contribution in [0.4, 0.5) is 0 Å². The average molecular weight is 209 g/mol. The zero-order valence-electron chi connectivity index (χ0n) is 8.44. The van der Waals surface area contributed by atoms with Crippen molar-refractivity contribution in [3.8, 4) is 11.5 Å². The first-order valence-corrected chi connectivity index (χ1v) is 5.01. The molecule has 0 saturated heterocycles. The summed E-state index contributed by atoms with van der Waals surface area (Å²) in [6, 6.07) is 15.4. The second kappa shape index (κ2) is 3.14. The molecule has 0 atom stereocenters. The molecule has 0 fully saturated rings. The van der Waals surface area contributed by atoms with E-state index in [-0.39, 0.29) is 11.5 Å². The van der Waals surface area contributed by atoms with E-state index in [1.165, 1.54) is 0 Å². The first kappa shape index (κ1) is 9.04. The molecule has 2 nitrogen and oxygen atoms in total. The van der Waals surface area contributed by atoms with Crippen molar-refractivity contribution in [1.82, 2.24) is 0 Å². The molecular formula is C14H9O2. The number of rotatable bonds is 0. The first-order chi connectivity index (χ1) is 7.74. The van der Waals surface area contributed by atoms with Crippen molar-refractivity contribution < 1.29 is 10.2 Å². The lowest BCUT2D eigenvalue weighted by atomic mass is 10.0. The lowest BCUT2D eigenvalue weighted by Gasteiger charge is -2.04. The number of fused-ring (bicyclic) bond motifs is 3. The van der Waals surface area contributed by atoms with Crippen molar-refractivity contribution in [2.24, 2.45) is 0 Å². The van der Waals surface area contributed by atoms with E-state index in [0.29, 0.717) is 0 Å². The normalized spacial score (nSPS) is 11.0. The van der Waals surface area contributed by atoms with Gasteiger partial charge in [-0.15, -0.1) is 0 Å². The molecule has 0 saturated carbocycles. The van der Waals surface area contributed by atoms with Crippen LogP contribution in [0.2, 0.25) is 0 Å². The Morgan fingerprint density at radius 2 is 1.62 bits per heavy atom. The number of aromatic hydroxyl groups is 2. The van der Waals surface area contributed by atoms with Gasteiger partial charge in [-0.1, -0.05) is 24.3 Å². The summed E-state index contributed by atoms with van der Waals surface area (Å²) in [6.45, 7) is 0. The molecule has 0 aromatic heterocycles. The summed E-state index contributed by atoms with van der Waals surface area (Å²) in [5, 5.41) is 22.7.